The number of pyridine rings is 1. The molecule has 1 aliphatic rings. The first-order chi connectivity index (χ1) is 8.46. The van der Waals surface area contributed by atoms with E-state index in [1.807, 2.05) is 6.20 Å². The van der Waals surface area contributed by atoms with Gasteiger partial charge in [0, 0.05) is 31.9 Å². The maximum atomic E-state index is 4.59. The van der Waals surface area contributed by atoms with Gasteiger partial charge in [-0.15, -0.1) is 0 Å². The normalized spacial score (nSPS) is 18.6. The molecule has 0 spiro atoms. The zero-order valence-corrected chi connectivity index (χ0v) is 12.0. The van der Waals surface area contributed by atoms with Gasteiger partial charge in [0.25, 0.3) is 0 Å². The van der Waals surface area contributed by atoms with Gasteiger partial charge in [-0.3, -0.25) is 0 Å². The highest BCUT2D eigenvalue weighted by Gasteiger charge is 2.29. The summed E-state index contributed by atoms with van der Waals surface area (Å²) in [5, 5.41) is 3.41. The highest BCUT2D eigenvalue weighted by molar-refractivity contribution is 5.41. The molecular formula is C15H25N3. The van der Waals surface area contributed by atoms with Crippen LogP contribution in [0.1, 0.15) is 39.7 Å². The van der Waals surface area contributed by atoms with Crippen molar-refractivity contribution >= 4 is 5.82 Å². The summed E-state index contributed by atoms with van der Waals surface area (Å²) >= 11 is 0. The molecule has 1 saturated heterocycles. The molecular weight excluding hydrogens is 222 g/mol. The summed E-state index contributed by atoms with van der Waals surface area (Å²) in [5.74, 6) is 1.12. The third-order valence-corrected chi connectivity index (χ3v) is 3.52. The smallest absolute Gasteiger partial charge is 0.128 e. The first-order valence-electron chi connectivity index (χ1n) is 6.89. The molecule has 0 aromatic carbocycles. The van der Waals surface area contributed by atoms with Crippen LogP contribution in [-0.2, 0) is 6.54 Å². The average Bonchev–Trinajstić information content (AvgIpc) is 2.68. The van der Waals surface area contributed by atoms with Crippen LogP contribution in [0.4, 0.5) is 5.82 Å². The van der Waals surface area contributed by atoms with Crippen LogP contribution in [-0.4, -0.2) is 24.1 Å². The molecule has 18 heavy (non-hydrogen) atoms. The minimum Gasteiger partial charge on any atom is -0.356 e. The van der Waals surface area contributed by atoms with Gasteiger partial charge in [0.15, 0.2) is 0 Å². The average molecular weight is 247 g/mol. The first-order valence-corrected chi connectivity index (χ1v) is 6.89. The van der Waals surface area contributed by atoms with E-state index in [-0.39, 0.29) is 0 Å². The lowest BCUT2D eigenvalue weighted by Gasteiger charge is -2.20. The largest absolute Gasteiger partial charge is 0.356 e. The summed E-state index contributed by atoms with van der Waals surface area (Å²) in [5.41, 5.74) is 1.69. The number of hydrogen-bond acceptors (Lipinski definition) is 3. The van der Waals surface area contributed by atoms with E-state index < -0.39 is 0 Å². The predicted molar refractivity (Wildman–Crippen MR) is 76.8 cm³/mol. The maximum Gasteiger partial charge on any atom is 0.128 e. The molecule has 1 N–H and O–H groups in total. The Kier molecular flexibility index (Phi) is 3.91. The molecule has 0 atom stereocenters. The molecule has 0 amide bonds. The second-order valence-corrected chi connectivity index (χ2v) is 6.40. The van der Waals surface area contributed by atoms with Crippen molar-refractivity contribution in [2.45, 2.75) is 46.7 Å². The van der Waals surface area contributed by atoms with Crippen molar-refractivity contribution in [3.63, 3.8) is 0 Å². The van der Waals surface area contributed by atoms with Crippen LogP contribution >= 0.6 is 0 Å². The Morgan fingerprint density at radius 3 is 2.67 bits per heavy atom. The molecule has 100 valence electrons. The summed E-state index contributed by atoms with van der Waals surface area (Å²) in [6, 6.07) is 4.85. The molecule has 1 fully saturated rings. The summed E-state index contributed by atoms with van der Waals surface area (Å²) in [7, 11) is 0. The molecule has 0 aliphatic carbocycles. The molecule has 0 unspecified atom stereocenters. The SMILES string of the molecule is CC(C)NCc1ccc(N2CCC(C)(C)C2)nc1. The Hall–Kier alpha value is -1.09. The van der Waals surface area contributed by atoms with Gasteiger partial charge in [0.1, 0.15) is 5.82 Å². The number of aromatic nitrogens is 1. The molecule has 0 radical (unpaired) electrons. The molecule has 3 nitrogen and oxygen atoms in total. The van der Waals surface area contributed by atoms with Gasteiger partial charge in [0.2, 0.25) is 0 Å². The van der Waals surface area contributed by atoms with Crippen molar-refractivity contribution in [1.29, 1.82) is 0 Å². The van der Waals surface area contributed by atoms with Crippen molar-refractivity contribution in [1.82, 2.24) is 10.3 Å². The molecule has 1 aromatic heterocycles. The highest BCUT2D eigenvalue weighted by atomic mass is 15.2. The first kappa shape index (κ1) is 13.3. The van der Waals surface area contributed by atoms with Gasteiger partial charge in [-0.05, 0) is 23.5 Å². The van der Waals surface area contributed by atoms with Crippen LogP contribution in [0.15, 0.2) is 18.3 Å². The number of nitrogens with zero attached hydrogens (tertiary/aromatic N) is 2. The molecule has 2 heterocycles. The van der Waals surface area contributed by atoms with E-state index in [4.69, 9.17) is 0 Å². The Bertz CT molecular complexity index is 381. The summed E-state index contributed by atoms with van der Waals surface area (Å²) in [4.78, 5) is 6.98. The zero-order valence-electron chi connectivity index (χ0n) is 12.0. The van der Waals surface area contributed by atoms with E-state index >= 15 is 0 Å². The van der Waals surface area contributed by atoms with Gasteiger partial charge < -0.3 is 10.2 Å². The maximum absolute atomic E-state index is 4.59. The van der Waals surface area contributed by atoms with E-state index in [0.717, 1.165) is 25.5 Å². The fraction of sp³-hybridized carbons (Fsp3) is 0.667. The Morgan fingerprint density at radius 2 is 2.17 bits per heavy atom. The Balaban J connectivity index is 1.96. The summed E-state index contributed by atoms with van der Waals surface area (Å²) < 4.78 is 0. The second-order valence-electron chi connectivity index (χ2n) is 6.40. The Labute approximate surface area is 111 Å². The standard InChI is InChI=1S/C15H25N3/c1-12(2)16-9-13-5-6-14(17-10-13)18-8-7-15(3,4)11-18/h5-6,10,12,16H,7-9,11H2,1-4H3. The molecule has 1 aromatic rings. The number of nitrogens with one attached hydrogen (secondary N) is 1. The van der Waals surface area contributed by atoms with Crippen LogP contribution in [0.5, 0.6) is 0 Å². The van der Waals surface area contributed by atoms with Gasteiger partial charge in [0.05, 0.1) is 0 Å². The Morgan fingerprint density at radius 1 is 1.39 bits per heavy atom. The van der Waals surface area contributed by atoms with Crippen molar-refractivity contribution < 1.29 is 0 Å². The number of anilines is 1. The molecule has 0 bridgehead atoms. The van der Waals surface area contributed by atoms with Gasteiger partial charge in [-0.2, -0.15) is 0 Å². The van der Waals surface area contributed by atoms with Crippen LogP contribution in [0, 0.1) is 5.41 Å². The fourth-order valence-electron chi connectivity index (χ4n) is 2.34. The number of rotatable bonds is 4. The zero-order chi connectivity index (χ0) is 13.2. The number of hydrogen-bond donors (Lipinski definition) is 1. The van der Waals surface area contributed by atoms with Gasteiger partial charge in [-0.25, -0.2) is 4.98 Å². The molecule has 3 heteroatoms. The van der Waals surface area contributed by atoms with E-state index in [1.165, 1.54) is 12.0 Å². The third kappa shape index (κ3) is 3.45. The molecule has 2 rings (SSSR count). The fourth-order valence-corrected chi connectivity index (χ4v) is 2.34. The third-order valence-electron chi connectivity index (χ3n) is 3.52. The van der Waals surface area contributed by atoms with E-state index in [2.05, 4.69) is 55.0 Å². The lowest BCUT2D eigenvalue weighted by atomic mass is 9.93. The lowest BCUT2D eigenvalue weighted by Crippen LogP contribution is -2.24. The molecule has 1 aliphatic heterocycles. The van der Waals surface area contributed by atoms with E-state index in [9.17, 15) is 0 Å². The van der Waals surface area contributed by atoms with Crippen molar-refractivity contribution in [3.05, 3.63) is 23.9 Å². The van der Waals surface area contributed by atoms with Crippen LogP contribution < -0.4 is 10.2 Å². The van der Waals surface area contributed by atoms with Crippen LogP contribution in [0.2, 0.25) is 0 Å². The second kappa shape index (κ2) is 5.27. The monoisotopic (exact) mass is 247 g/mol. The van der Waals surface area contributed by atoms with Gasteiger partial charge >= 0.3 is 0 Å². The lowest BCUT2D eigenvalue weighted by molar-refractivity contribution is 0.418. The quantitative estimate of drug-likeness (QED) is 0.887. The minimum absolute atomic E-state index is 0.430. The van der Waals surface area contributed by atoms with Crippen molar-refractivity contribution in [3.8, 4) is 0 Å². The minimum atomic E-state index is 0.430. The highest BCUT2D eigenvalue weighted by Crippen LogP contribution is 2.31. The van der Waals surface area contributed by atoms with Crippen LogP contribution in [0.25, 0.3) is 0 Å². The van der Waals surface area contributed by atoms with Crippen molar-refractivity contribution in [2.24, 2.45) is 5.41 Å². The van der Waals surface area contributed by atoms with E-state index in [1.54, 1.807) is 0 Å². The van der Waals surface area contributed by atoms with Crippen molar-refractivity contribution in [2.75, 3.05) is 18.0 Å². The predicted octanol–water partition coefficient (Wildman–Crippen LogP) is 2.82. The van der Waals surface area contributed by atoms with E-state index in [0.29, 0.717) is 11.5 Å². The topological polar surface area (TPSA) is 28.2 Å². The summed E-state index contributed by atoms with van der Waals surface area (Å²) in [6.45, 7) is 12.1. The van der Waals surface area contributed by atoms with Gasteiger partial charge in [-0.1, -0.05) is 33.8 Å². The van der Waals surface area contributed by atoms with Crippen LogP contribution in [0.3, 0.4) is 0 Å². The molecule has 0 saturated carbocycles. The summed E-state index contributed by atoms with van der Waals surface area (Å²) in [6.07, 6.45) is 3.25.